The molecule has 0 unspecified atom stereocenters. The minimum absolute atomic E-state index is 0.544. The molecule has 136 heavy (non-hydrogen) atoms. The van der Waals surface area contributed by atoms with Gasteiger partial charge in [-0.05, 0) is 156 Å². The van der Waals surface area contributed by atoms with Gasteiger partial charge in [-0.2, -0.15) is 0 Å². The summed E-state index contributed by atoms with van der Waals surface area (Å²) in [5.74, 6) is 1.73. The Bertz CT molecular complexity index is 9630. The molecule has 9 aromatic heterocycles. The van der Waals surface area contributed by atoms with Gasteiger partial charge in [0.1, 0.15) is 38.5 Å². The summed E-state index contributed by atoms with van der Waals surface area (Å²) in [6.45, 7) is 0. The van der Waals surface area contributed by atoms with Gasteiger partial charge in [0.25, 0.3) is 0 Å². The van der Waals surface area contributed by atoms with Gasteiger partial charge in [0.2, 0.25) is 0 Å². The van der Waals surface area contributed by atoms with Crippen molar-refractivity contribution in [3.05, 3.63) is 461 Å². The Morgan fingerprint density at radius 1 is 0.184 bits per heavy atom. The predicted octanol–water partition coefficient (Wildman–Crippen LogP) is 33.6. The average molecular weight is 1760 g/mol. The number of nitrogens with zero attached hydrogens (tertiary/aromatic N) is 8. The number of aromatic nitrogens is 8. The van der Waals surface area contributed by atoms with Gasteiger partial charge in [0.15, 0.2) is 17.5 Å². The molecule has 0 spiro atoms. The monoisotopic (exact) mass is 1760 g/mol. The Balaban J connectivity index is 0.000000104. The average Bonchev–Trinajstić information content (AvgIpc) is 1.56. The SMILES string of the molecule is c1ccc(-c2ccc(-c3nc(-c4ccccc4)nc(-c4c(-n5c6ccccc6c6ccccc65)ccc5c4oc4ccccc45)n3)cc2)cc1.c1ccc(-n2c3ccccc3c3cc(-c4c(-n5c6ccccc6c6ccccc65)ccc5c4oc4ccccc45)ccc32)cc1.c1ccc2sc(-c3ccc(-c4c(-n5c6ccccc6c6ccccc65)ccc5c4oc4ccccc45)cc3)nc2c1. The lowest BCUT2D eigenvalue weighted by atomic mass is 9.98. The highest BCUT2D eigenvalue weighted by atomic mass is 32.1. The molecule has 29 aromatic rings. The fourth-order valence-electron chi connectivity index (χ4n) is 20.7. The van der Waals surface area contributed by atoms with E-state index < -0.39 is 0 Å². The molecule has 0 aliphatic carbocycles. The lowest BCUT2D eigenvalue weighted by molar-refractivity contribution is 0.669. The highest BCUT2D eigenvalue weighted by Gasteiger charge is 2.29. The molecule has 0 aliphatic rings. The zero-order valence-corrected chi connectivity index (χ0v) is 73.9. The van der Waals surface area contributed by atoms with Crippen molar-refractivity contribution in [3.63, 3.8) is 0 Å². The highest BCUT2D eigenvalue weighted by molar-refractivity contribution is 7.21. The van der Waals surface area contributed by atoms with Crippen LogP contribution < -0.4 is 0 Å². The second-order valence-electron chi connectivity index (χ2n) is 34.5. The Morgan fingerprint density at radius 2 is 0.485 bits per heavy atom. The van der Waals surface area contributed by atoms with Crippen LogP contribution in [0, 0.1) is 0 Å². The topological polar surface area (TPSA) is 111 Å². The van der Waals surface area contributed by atoms with Crippen LogP contribution in [-0.4, -0.2) is 38.2 Å². The quantitative estimate of drug-likeness (QED) is 0.127. The van der Waals surface area contributed by atoms with E-state index in [1.807, 2.05) is 72.8 Å². The third-order valence-corrected chi connectivity index (χ3v) is 28.0. The van der Waals surface area contributed by atoms with Crippen molar-refractivity contribution in [2.24, 2.45) is 0 Å². The van der Waals surface area contributed by atoms with E-state index in [1.165, 1.54) is 80.9 Å². The lowest BCUT2D eigenvalue weighted by Crippen LogP contribution is -2.04. The van der Waals surface area contributed by atoms with Crippen LogP contribution in [0.15, 0.2) is 474 Å². The van der Waals surface area contributed by atoms with Crippen LogP contribution in [0.5, 0.6) is 0 Å². The molecule has 20 aromatic carbocycles. The molecule has 0 amide bonds. The Kier molecular flexibility index (Phi) is 18.2. The predicted molar refractivity (Wildman–Crippen MR) is 563 cm³/mol. The van der Waals surface area contributed by atoms with Crippen LogP contribution >= 0.6 is 11.3 Å². The third kappa shape index (κ3) is 12.7. The molecule has 0 saturated carbocycles. The van der Waals surface area contributed by atoms with Gasteiger partial charge >= 0.3 is 0 Å². The Hall–Kier alpha value is -18.1. The zero-order chi connectivity index (χ0) is 89.4. The van der Waals surface area contributed by atoms with E-state index >= 15 is 0 Å². The van der Waals surface area contributed by atoms with E-state index in [-0.39, 0.29) is 0 Å². The van der Waals surface area contributed by atoms with Crippen LogP contribution in [0.1, 0.15) is 0 Å². The molecular formula is C124H76N8O3S. The van der Waals surface area contributed by atoms with Crippen LogP contribution in [0.25, 0.3) is 264 Å². The minimum atomic E-state index is 0.544. The molecule has 29 rings (SSSR count). The van der Waals surface area contributed by atoms with Crippen molar-refractivity contribution in [1.82, 2.24) is 38.2 Å². The summed E-state index contributed by atoms with van der Waals surface area (Å²) in [5.41, 5.74) is 30.2. The van der Waals surface area contributed by atoms with Crippen LogP contribution in [0.2, 0.25) is 0 Å². The second-order valence-corrected chi connectivity index (χ2v) is 35.5. The van der Waals surface area contributed by atoms with Gasteiger partial charge in [0.05, 0.1) is 77.0 Å². The van der Waals surface area contributed by atoms with Crippen molar-refractivity contribution in [3.8, 4) is 101 Å². The normalized spacial score (nSPS) is 11.8. The number of hydrogen-bond donors (Lipinski definition) is 0. The first-order chi connectivity index (χ1) is 67.5. The number of thiazole rings is 1. The summed E-state index contributed by atoms with van der Waals surface area (Å²) in [4.78, 5) is 20.4. The number of fused-ring (bicyclic) bond motifs is 22. The fraction of sp³-hybridized carbons (Fsp3) is 0. The van der Waals surface area contributed by atoms with Crippen LogP contribution in [0.3, 0.4) is 0 Å². The summed E-state index contributed by atoms with van der Waals surface area (Å²) >= 11 is 1.73. The Morgan fingerprint density at radius 3 is 0.934 bits per heavy atom. The number of para-hydroxylation sites is 12. The molecular weight excluding hydrogens is 1680 g/mol. The van der Waals surface area contributed by atoms with Gasteiger partial charge in [-0.3, -0.25) is 0 Å². The van der Waals surface area contributed by atoms with E-state index in [9.17, 15) is 0 Å². The molecule has 0 atom stereocenters. The van der Waals surface area contributed by atoms with Gasteiger partial charge in [-0.15, -0.1) is 11.3 Å². The summed E-state index contributed by atoms with van der Waals surface area (Å²) in [6, 6.07) is 162. The molecule has 0 bridgehead atoms. The van der Waals surface area contributed by atoms with E-state index in [0.29, 0.717) is 17.5 Å². The number of rotatable bonds is 11. The largest absolute Gasteiger partial charge is 0.455 e. The van der Waals surface area contributed by atoms with Gasteiger partial charge in [0, 0.05) is 109 Å². The summed E-state index contributed by atoms with van der Waals surface area (Å²) in [6.07, 6.45) is 0. The maximum atomic E-state index is 6.76. The summed E-state index contributed by atoms with van der Waals surface area (Å²) in [7, 11) is 0. The number of furan rings is 3. The third-order valence-electron chi connectivity index (χ3n) is 26.9. The van der Waals surface area contributed by atoms with Crippen molar-refractivity contribution < 1.29 is 13.3 Å². The van der Waals surface area contributed by atoms with Gasteiger partial charge < -0.3 is 31.5 Å². The van der Waals surface area contributed by atoms with E-state index in [2.05, 4.69) is 407 Å². The maximum Gasteiger partial charge on any atom is 0.170 e. The molecule has 0 N–H and O–H groups in total. The molecule has 11 nitrogen and oxygen atoms in total. The standard InChI is InChI=1S/C45H28N4O.C42H26N2O.C37H22N2OS/c1-3-13-29(14-4-1)30-23-25-32(26-24-30)44-46-43(31-15-5-2-6-16-31)47-45(48-44)41-39(28-27-36-35-19-9-12-22-40(35)50-42(36)41)49-37-20-10-7-17-33(37)34-18-8-11-21-38(34)49;1-2-12-28(13-3-1)43-35-18-8-6-16-31(35)34-26-27(22-24-38(34)43)41-39(25-23-33-32-17-7-11-21-40(32)45-42(33)41)44-36-19-9-4-14-29(36)30-15-5-10-20-37(30)44;1-5-13-30-25(9-1)26-10-2-6-14-31(26)39(30)32-22-21-28-27-11-3-7-15-33(27)40-36(28)35(32)23-17-19-24(20-18-23)37-38-29-12-4-8-16-34(29)41-37/h1-28H;1-26H;1-22H. The van der Waals surface area contributed by atoms with Crippen molar-refractivity contribution in [2.45, 2.75) is 0 Å². The zero-order valence-electron chi connectivity index (χ0n) is 73.1. The first-order valence-electron chi connectivity index (χ1n) is 45.8. The molecule has 0 aliphatic heterocycles. The van der Waals surface area contributed by atoms with Crippen LogP contribution in [0.4, 0.5) is 0 Å². The molecule has 636 valence electrons. The maximum absolute atomic E-state index is 6.76. The van der Waals surface area contributed by atoms with Gasteiger partial charge in [-0.25, -0.2) is 19.9 Å². The van der Waals surface area contributed by atoms with Crippen LogP contribution in [-0.2, 0) is 0 Å². The van der Waals surface area contributed by atoms with E-state index in [4.69, 9.17) is 33.2 Å². The fourth-order valence-corrected chi connectivity index (χ4v) is 21.7. The van der Waals surface area contributed by atoms with E-state index in [0.717, 1.165) is 166 Å². The summed E-state index contributed by atoms with van der Waals surface area (Å²) < 4.78 is 30.8. The smallest absolute Gasteiger partial charge is 0.170 e. The lowest BCUT2D eigenvalue weighted by Gasteiger charge is -2.15. The first-order valence-corrected chi connectivity index (χ1v) is 46.6. The summed E-state index contributed by atoms with van der Waals surface area (Å²) in [5, 5.41) is 17.4. The second kappa shape index (κ2) is 31.9. The Labute approximate surface area is 782 Å². The highest BCUT2D eigenvalue weighted by Crippen LogP contribution is 2.50. The molecule has 0 saturated heterocycles. The number of benzene rings is 20. The first kappa shape index (κ1) is 77.8. The van der Waals surface area contributed by atoms with E-state index in [1.54, 1.807) is 11.3 Å². The van der Waals surface area contributed by atoms with Crippen molar-refractivity contribution in [1.29, 1.82) is 0 Å². The van der Waals surface area contributed by atoms with Gasteiger partial charge in [-0.1, -0.05) is 328 Å². The molecule has 0 radical (unpaired) electrons. The van der Waals surface area contributed by atoms with Crippen molar-refractivity contribution in [2.75, 3.05) is 0 Å². The minimum Gasteiger partial charge on any atom is -0.455 e. The molecule has 9 heterocycles. The van der Waals surface area contributed by atoms with Crippen molar-refractivity contribution >= 4 is 175 Å². The molecule has 0 fully saturated rings. The molecule has 12 heteroatoms. The number of hydrogen-bond acceptors (Lipinski definition) is 8.